The van der Waals surface area contributed by atoms with Crippen LogP contribution in [0.5, 0.6) is 0 Å². The maximum absolute atomic E-state index is 2.61. The fourth-order valence-electron chi connectivity index (χ4n) is 4.38. The van der Waals surface area contributed by atoms with Gasteiger partial charge in [-0.2, -0.15) is 0 Å². The van der Waals surface area contributed by atoms with Crippen molar-refractivity contribution in [3.8, 4) is 0 Å². The molecule has 0 radical (unpaired) electrons. The molecule has 0 aromatic carbocycles. The summed E-state index contributed by atoms with van der Waals surface area (Å²) in [6.07, 6.45) is 13.3. The number of nitrogens with zero attached hydrogens (tertiary/aromatic N) is 1. The summed E-state index contributed by atoms with van der Waals surface area (Å²) in [5.41, 5.74) is 0.809. The van der Waals surface area contributed by atoms with Gasteiger partial charge in [-0.1, -0.05) is 54.4 Å². The van der Waals surface area contributed by atoms with E-state index in [2.05, 4.69) is 25.8 Å². The largest absolute Gasteiger partial charge is 0.303 e. The first kappa shape index (κ1) is 21.0. The molecule has 2 aliphatic carbocycles. The standard InChI is InChI=1S/C16H31N.2C2H6/c1-4-6-14-12-16(13-14)9-7-15(8-10-16)17(3)11-5-2;2*1-2/h14-15H,4-13H2,1-3H3;2*1-2H3. The van der Waals surface area contributed by atoms with E-state index in [4.69, 9.17) is 0 Å². The minimum absolute atomic E-state index is 0.809. The van der Waals surface area contributed by atoms with Gasteiger partial charge in [-0.05, 0) is 69.9 Å². The maximum Gasteiger partial charge on any atom is 0.00926 e. The zero-order chi connectivity index (χ0) is 16.3. The summed E-state index contributed by atoms with van der Waals surface area (Å²) in [5.74, 6) is 1.09. The second-order valence-electron chi connectivity index (χ2n) is 6.77. The number of rotatable bonds is 5. The Morgan fingerprint density at radius 1 is 0.905 bits per heavy atom. The van der Waals surface area contributed by atoms with Gasteiger partial charge in [0.15, 0.2) is 0 Å². The molecule has 2 saturated carbocycles. The molecule has 0 aromatic rings. The van der Waals surface area contributed by atoms with Crippen molar-refractivity contribution in [3.05, 3.63) is 0 Å². The van der Waals surface area contributed by atoms with Gasteiger partial charge >= 0.3 is 0 Å². The van der Waals surface area contributed by atoms with E-state index in [1.165, 1.54) is 51.5 Å². The molecule has 0 saturated heterocycles. The summed E-state index contributed by atoms with van der Waals surface area (Å²) in [6, 6.07) is 0.894. The lowest BCUT2D eigenvalue weighted by molar-refractivity contribution is -0.0120. The first-order valence-corrected chi connectivity index (χ1v) is 9.89. The van der Waals surface area contributed by atoms with E-state index in [-0.39, 0.29) is 0 Å². The highest BCUT2D eigenvalue weighted by molar-refractivity contribution is 4.97. The average molecular weight is 298 g/mol. The number of hydrogen-bond donors (Lipinski definition) is 0. The van der Waals surface area contributed by atoms with Gasteiger partial charge in [0.2, 0.25) is 0 Å². The van der Waals surface area contributed by atoms with Gasteiger partial charge in [-0.3, -0.25) is 0 Å². The molecule has 0 unspecified atom stereocenters. The van der Waals surface area contributed by atoms with Crippen molar-refractivity contribution >= 4 is 0 Å². The van der Waals surface area contributed by atoms with E-state index in [1.54, 1.807) is 12.8 Å². The van der Waals surface area contributed by atoms with Crippen LogP contribution >= 0.6 is 0 Å². The minimum Gasteiger partial charge on any atom is -0.303 e. The van der Waals surface area contributed by atoms with Crippen LogP contribution in [-0.4, -0.2) is 24.5 Å². The van der Waals surface area contributed by atoms with Crippen LogP contribution in [0.2, 0.25) is 0 Å². The van der Waals surface area contributed by atoms with Gasteiger partial charge in [0.25, 0.3) is 0 Å². The molecule has 128 valence electrons. The molecule has 1 heteroatoms. The zero-order valence-electron chi connectivity index (χ0n) is 16.2. The van der Waals surface area contributed by atoms with E-state index in [0.717, 1.165) is 17.4 Å². The van der Waals surface area contributed by atoms with Crippen LogP contribution in [0.3, 0.4) is 0 Å². The summed E-state index contributed by atoms with van der Waals surface area (Å²) in [5, 5.41) is 0. The third-order valence-corrected chi connectivity index (χ3v) is 5.36. The Balaban J connectivity index is 0.000000921. The number of hydrogen-bond acceptors (Lipinski definition) is 1. The van der Waals surface area contributed by atoms with Gasteiger partial charge in [0.05, 0.1) is 0 Å². The van der Waals surface area contributed by atoms with Crippen LogP contribution in [0.25, 0.3) is 0 Å². The van der Waals surface area contributed by atoms with E-state index in [0.29, 0.717) is 0 Å². The smallest absolute Gasteiger partial charge is 0.00926 e. The molecule has 0 atom stereocenters. The first-order valence-electron chi connectivity index (χ1n) is 9.89. The summed E-state index contributed by atoms with van der Waals surface area (Å²) in [6.45, 7) is 13.9. The topological polar surface area (TPSA) is 3.24 Å². The van der Waals surface area contributed by atoms with Crippen LogP contribution < -0.4 is 0 Å². The fraction of sp³-hybridized carbons (Fsp3) is 1.00. The van der Waals surface area contributed by atoms with Crippen molar-refractivity contribution < 1.29 is 0 Å². The minimum atomic E-state index is 0.809. The molecule has 21 heavy (non-hydrogen) atoms. The Bertz CT molecular complexity index is 220. The van der Waals surface area contributed by atoms with E-state index in [9.17, 15) is 0 Å². The highest BCUT2D eigenvalue weighted by Crippen LogP contribution is 2.56. The summed E-state index contributed by atoms with van der Waals surface area (Å²) >= 11 is 0. The molecule has 0 bridgehead atoms. The van der Waals surface area contributed by atoms with Gasteiger partial charge in [0.1, 0.15) is 0 Å². The van der Waals surface area contributed by atoms with E-state index >= 15 is 0 Å². The lowest BCUT2D eigenvalue weighted by atomic mass is 9.54. The molecule has 0 amide bonds. The maximum atomic E-state index is 2.61. The Morgan fingerprint density at radius 3 is 1.86 bits per heavy atom. The second-order valence-corrected chi connectivity index (χ2v) is 6.77. The Labute approximate surface area is 135 Å². The molecule has 2 fully saturated rings. The predicted octanol–water partition coefficient (Wildman–Crippen LogP) is 6.52. The third kappa shape index (κ3) is 6.30. The van der Waals surface area contributed by atoms with Crippen molar-refractivity contribution in [2.45, 2.75) is 105 Å². The molecule has 0 heterocycles. The van der Waals surface area contributed by atoms with Gasteiger partial charge in [-0.25, -0.2) is 0 Å². The average Bonchev–Trinajstić information content (AvgIpc) is 2.51. The van der Waals surface area contributed by atoms with Gasteiger partial charge < -0.3 is 4.90 Å². The summed E-state index contributed by atoms with van der Waals surface area (Å²) in [7, 11) is 2.33. The summed E-state index contributed by atoms with van der Waals surface area (Å²) < 4.78 is 0. The Kier molecular flexibility index (Phi) is 11.5. The van der Waals surface area contributed by atoms with Crippen molar-refractivity contribution in [1.29, 1.82) is 0 Å². The molecular weight excluding hydrogens is 254 g/mol. The van der Waals surface area contributed by atoms with Gasteiger partial charge in [-0.15, -0.1) is 0 Å². The third-order valence-electron chi connectivity index (χ3n) is 5.36. The molecule has 0 N–H and O–H groups in total. The fourth-order valence-corrected chi connectivity index (χ4v) is 4.38. The van der Waals surface area contributed by atoms with Crippen molar-refractivity contribution in [1.82, 2.24) is 4.90 Å². The quantitative estimate of drug-likeness (QED) is 0.558. The lowest BCUT2D eigenvalue weighted by Gasteiger charge is -2.53. The second kappa shape index (κ2) is 11.5. The lowest BCUT2D eigenvalue weighted by Crippen LogP contribution is -2.45. The van der Waals surface area contributed by atoms with Crippen LogP contribution in [0.4, 0.5) is 0 Å². The van der Waals surface area contributed by atoms with Crippen LogP contribution in [0.1, 0.15) is 99.3 Å². The molecule has 0 aromatic heterocycles. The summed E-state index contributed by atoms with van der Waals surface area (Å²) in [4.78, 5) is 2.61. The predicted molar refractivity (Wildman–Crippen MR) is 97.9 cm³/mol. The van der Waals surface area contributed by atoms with Crippen molar-refractivity contribution in [2.24, 2.45) is 11.3 Å². The zero-order valence-corrected chi connectivity index (χ0v) is 16.2. The Hall–Kier alpha value is -0.0400. The molecule has 1 nitrogen and oxygen atoms in total. The molecule has 1 spiro atoms. The highest BCUT2D eigenvalue weighted by atomic mass is 15.1. The molecule has 2 rings (SSSR count). The van der Waals surface area contributed by atoms with Gasteiger partial charge in [0, 0.05) is 6.04 Å². The molecule has 0 aliphatic heterocycles. The first-order chi connectivity index (χ1) is 10.2. The molecule has 2 aliphatic rings. The molecular formula is C20H43N. The van der Waals surface area contributed by atoms with E-state index in [1.807, 2.05) is 27.7 Å². The van der Waals surface area contributed by atoms with Crippen molar-refractivity contribution in [2.75, 3.05) is 13.6 Å². The van der Waals surface area contributed by atoms with Crippen LogP contribution in [-0.2, 0) is 0 Å². The highest BCUT2D eigenvalue weighted by Gasteiger charge is 2.45. The Morgan fingerprint density at radius 2 is 1.43 bits per heavy atom. The van der Waals surface area contributed by atoms with Crippen LogP contribution in [0, 0.1) is 11.3 Å². The normalized spacial score (nSPS) is 30.9. The van der Waals surface area contributed by atoms with Crippen LogP contribution in [0.15, 0.2) is 0 Å². The SMILES string of the molecule is CC.CC.CCCC1CC2(CCC(N(C)CCC)CC2)C1. The van der Waals surface area contributed by atoms with E-state index < -0.39 is 0 Å². The van der Waals surface area contributed by atoms with Crippen molar-refractivity contribution in [3.63, 3.8) is 0 Å². The monoisotopic (exact) mass is 297 g/mol.